The molecule has 0 unspecified atom stereocenters. The van der Waals surface area contributed by atoms with Crippen LogP contribution in [-0.4, -0.2) is 0 Å². The lowest BCUT2D eigenvalue weighted by Crippen LogP contribution is -1.92. The molecule has 0 heterocycles. The Labute approximate surface area is 210 Å². The van der Waals surface area contributed by atoms with E-state index in [2.05, 4.69) is 50.0 Å². The lowest BCUT2D eigenvalue weighted by atomic mass is 9.99. The minimum absolute atomic E-state index is 0.245. The molecule has 0 spiro atoms. The van der Waals surface area contributed by atoms with Gasteiger partial charge in [-0.25, -0.2) is 8.78 Å². The minimum Gasteiger partial charge on any atom is -0.203 e. The molecule has 0 radical (unpaired) electrons. The normalized spacial score (nSPS) is 11.6. The van der Waals surface area contributed by atoms with Gasteiger partial charge >= 0.3 is 0 Å². The minimum atomic E-state index is -0.836. The van der Waals surface area contributed by atoms with E-state index in [1.54, 1.807) is 30.3 Å². The van der Waals surface area contributed by atoms with Crippen LogP contribution in [0.25, 0.3) is 11.7 Å². The van der Waals surface area contributed by atoms with Gasteiger partial charge in [-0.2, -0.15) is 0 Å². The summed E-state index contributed by atoms with van der Waals surface area (Å²) in [6.07, 6.45) is 8.79. The Bertz CT molecular complexity index is 1170. The smallest absolute Gasteiger partial charge is 0.166 e. The molecule has 35 heavy (non-hydrogen) atoms. The highest BCUT2D eigenvalue weighted by Crippen LogP contribution is 2.30. The summed E-state index contributed by atoms with van der Waals surface area (Å²) in [6, 6.07) is 20.6. The standard InChI is InChI=1S/C33H36F2/c1-4-7-8-9-11-26-12-14-27(15-13-26)16-19-29-22-23-31(24-28(29)6-3)33(35)32(34)30-20-17-25(10-5-2)18-21-30/h12-15,17-18,20-24H,4-11H2,1-3H3/b33-32+. The summed E-state index contributed by atoms with van der Waals surface area (Å²) >= 11 is 0. The molecular formula is C33H36F2. The van der Waals surface area contributed by atoms with Crippen molar-refractivity contribution in [1.82, 2.24) is 0 Å². The van der Waals surface area contributed by atoms with E-state index in [9.17, 15) is 8.78 Å². The van der Waals surface area contributed by atoms with Gasteiger partial charge in [0.25, 0.3) is 0 Å². The van der Waals surface area contributed by atoms with Crippen LogP contribution in [0, 0.1) is 11.8 Å². The molecule has 0 saturated carbocycles. The zero-order chi connectivity index (χ0) is 25.0. The van der Waals surface area contributed by atoms with E-state index in [0.29, 0.717) is 6.42 Å². The largest absolute Gasteiger partial charge is 0.203 e. The summed E-state index contributed by atoms with van der Waals surface area (Å²) in [5.41, 5.74) is 5.68. The fourth-order valence-corrected chi connectivity index (χ4v) is 4.15. The van der Waals surface area contributed by atoms with Gasteiger partial charge in [0, 0.05) is 22.3 Å². The van der Waals surface area contributed by atoms with E-state index >= 15 is 0 Å². The van der Waals surface area contributed by atoms with Crippen LogP contribution in [-0.2, 0) is 19.3 Å². The molecule has 3 aromatic carbocycles. The summed E-state index contributed by atoms with van der Waals surface area (Å²) in [4.78, 5) is 0. The van der Waals surface area contributed by atoms with Crippen molar-refractivity contribution < 1.29 is 8.78 Å². The highest BCUT2D eigenvalue weighted by atomic mass is 19.2. The first kappa shape index (κ1) is 26.4. The van der Waals surface area contributed by atoms with Crippen LogP contribution in [0.4, 0.5) is 8.78 Å². The second kappa shape index (κ2) is 13.6. The Morgan fingerprint density at radius 2 is 1.26 bits per heavy atom. The van der Waals surface area contributed by atoms with E-state index < -0.39 is 11.7 Å². The molecule has 3 rings (SSSR count). The van der Waals surface area contributed by atoms with Gasteiger partial charge in [0.05, 0.1) is 0 Å². The first-order chi connectivity index (χ1) is 17.0. The Kier molecular flexibility index (Phi) is 10.3. The van der Waals surface area contributed by atoms with E-state index in [-0.39, 0.29) is 11.1 Å². The molecule has 2 heteroatoms. The monoisotopic (exact) mass is 470 g/mol. The molecule has 3 aromatic rings. The molecule has 0 atom stereocenters. The van der Waals surface area contributed by atoms with Crippen molar-refractivity contribution in [3.8, 4) is 11.8 Å². The van der Waals surface area contributed by atoms with Crippen molar-refractivity contribution in [3.63, 3.8) is 0 Å². The highest BCUT2D eigenvalue weighted by molar-refractivity contribution is 5.83. The summed E-state index contributed by atoms with van der Waals surface area (Å²) in [5, 5.41) is 0. The Hall–Kier alpha value is -3.18. The van der Waals surface area contributed by atoms with Gasteiger partial charge in [-0.1, -0.05) is 101 Å². The third-order valence-electron chi connectivity index (χ3n) is 6.29. The second-order valence-corrected chi connectivity index (χ2v) is 9.06. The maximum atomic E-state index is 15.0. The number of benzene rings is 3. The molecule has 0 fully saturated rings. The molecule has 0 bridgehead atoms. The summed E-state index contributed by atoms with van der Waals surface area (Å²) in [5.74, 6) is 4.78. The van der Waals surface area contributed by atoms with Crippen LogP contribution in [0.3, 0.4) is 0 Å². The number of halogens is 2. The molecule has 0 saturated heterocycles. The summed E-state index contributed by atoms with van der Waals surface area (Å²) in [6.45, 7) is 6.32. The number of unbranched alkanes of at least 4 members (excludes halogenated alkanes) is 3. The zero-order valence-corrected chi connectivity index (χ0v) is 21.3. The molecule has 0 aliphatic heterocycles. The van der Waals surface area contributed by atoms with Crippen LogP contribution >= 0.6 is 0 Å². The van der Waals surface area contributed by atoms with Gasteiger partial charge in [0.1, 0.15) is 0 Å². The molecule has 0 aromatic heterocycles. The fourth-order valence-electron chi connectivity index (χ4n) is 4.15. The third kappa shape index (κ3) is 7.66. The van der Waals surface area contributed by atoms with Crippen LogP contribution in [0.5, 0.6) is 0 Å². The van der Waals surface area contributed by atoms with Crippen LogP contribution in [0.1, 0.15) is 91.8 Å². The van der Waals surface area contributed by atoms with E-state index in [1.807, 2.05) is 19.1 Å². The summed E-state index contributed by atoms with van der Waals surface area (Å²) < 4.78 is 29.9. The quantitative estimate of drug-likeness (QED) is 0.157. The SMILES string of the molecule is CCCCCCc1ccc(C#Cc2ccc(/C(F)=C(\F)c3ccc(CCC)cc3)cc2CC)cc1. The predicted octanol–water partition coefficient (Wildman–Crippen LogP) is 9.49. The number of hydrogen-bond donors (Lipinski definition) is 0. The van der Waals surface area contributed by atoms with Gasteiger partial charge in [0.15, 0.2) is 11.7 Å². The van der Waals surface area contributed by atoms with Crippen molar-refractivity contribution in [1.29, 1.82) is 0 Å². The predicted molar refractivity (Wildman–Crippen MR) is 146 cm³/mol. The topological polar surface area (TPSA) is 0 Å². The van der Waals surface area contributed by atoms with E-state index in [1.165, 1.54) is 31.2 Å². The van der Waals surface area contributed by atoms with E-state index in [4.69, 9.17) is 0 Å². The van der Waals surface area contributed by atoms with Crippen molar-refractivity contribution in [3.05, 3.63) is 106 Å². The second-order valence-electron chi connectivity index (χ2n) is 9.06. The molecule has 0 aliphatic carbocycles. The molecule has 0 amide bonds. The lowest BCUT2D eigenvalue weighted by molar-refractivity contribution is 0.667. The molecule has 0 aliphatic rings. The van der Waals surface area contributed by atoms with Gasteiger partial charge < -0.3 is 0 Å². The molecular weight excluding hydrogens is 434 g/mol. The average molecular weight is 471 g/mol. The van der Waals surface area contributed by atoms with Gasteiger partial charge in [-0.15, -0.1) is 0 Å². The van der Waals surface area contributed by atoms with Gasteiger partial charge in [0.2, 0.25) is 0 Å². The maximum Gasteiger partial charge on any atom is 0.166 e. The maximum absolute atomic E-state index is 15.0. The first-order valence-electron chi connectivity index (χ1n) is 12.9. The highest BCUT2D eigenvalue weighted by Gasteiger charge is 2.13. The van der Waals surface area contributed by atoms with Gasteiger partial charge in [-0.05, 0) is 66.6 Å². The zero-order valence-electron chi connectivity index (χ0n) is 21.3. The molecule has 0 nitrogen and oxygen atoms in total. The number of aryl methyl sites for hydroxylation is 3. The first-order valence-corrected chi connectivity index (χ1v) is 12.9. The van der Waals surface area contributed by atoms with Crippen molar-refractivity contribution in [2.24, 2.45) is 0 Å². The summed E-state index contributed by atoms with van der Waals surface area (Å²) in [7, 11) is 0. The Balaban J connectivity index is 1.75. The molecule has 0 N–H and O–H groups in total. The lowest BCUT2D eigenvalue weighted by Gasteiger charge is -2.07. The van der Waals surface area contributed by atoms with Crippen molar-refractivity contribution in [2.45, 2.75) is 72.1 Å². The molecule has 182 valence electrons. The Morgan fingerprint density at radius 3 is 1.91 bits per heavy atom. The fraction of sp³-hybridized carbons (Fsp3) is 0.333. The van der Waals surface area contributed by atoms with Crippen LogP contribution in [0.2, 0.25) is 0 Å². The average Bonchev–Trinajstić information content (AvgIpc) is 2.90. The van der Waals surface area contributed by atoms with Crippen LogP contribution < -0.4 is 0 Å². The van der Waals surface area contributed by atoms with Crippen molar-refractivity contribution in [2.75, 3.05) is 0 Å². The Morgan fingerprint density at radius 1 is 0.629 bits per heavy atom. The van der Waals surface area contributed by atoms with Gasteiger partial charge in [-0.3, -0.25) is 0 Å². The number of rotatable bonds is 10. The van der Waals surface area contributed by atoms with Crippen LogP contribution in [0.15, 0.2) is 66.7 Å². The number of hydrogen-bond acceptors (Lipinski definition) is 0. The van der Waals surface area contributed by atoms with E-state index in [0.717, 1.165) is 41.5 Å². The van der Waals surface area contributed by atoms with Crippen molar-refractivity contribution >= 4 is 11.7 Å². The third-order valence-corrected chi connectivity index (χ3v) is 6.29.